The highest BCUT2D eigenvalue weighted by Gasteiger charge is 2.41. The third-order valence-electron chi connectivity index (χ3n) is 5.98. The van der Waals surface area contributed by atoms with Crippen molar-refractivity contribution in [2.45, 2.75) is 16.6 Å². The van der Waals surface area contributed by atoms with Crippen LogP contribution in [-0.2, 0) is 14.4 Å². The number of amides is 4. The Bertz CT molecular complexity index is 1660. The van der Waals surface area contributed by atoms with Gasteiger partial charge in [0.15, 0.2) is 0 Å². The molecule has 0 radical (unpaired) electrons. The van der Waals surface area contributed by atoms with E-state index < -0.39 is 17.1 Å². The molecule has 0 bridgehead atoms. The highest BCUT2D eigenvalue weighted by molar-refractivity contribution is 8.00. The van der Waals surface area contributed by atoms with E-state index in [-0.39, 0.29) is 34.6 Å². The van der Waals surface area contributed by atoms with E-state index in [9.17, 15) is 19.2 Å². The topological polar surface area (TPSA) is 95.6 Å². The van der Waals surface area contributed by atoms with Crippen molar-refractivity contribution in [1.82, 2.24) is 5.32 Å². The minimum atomic E-state index is -0.667. The van der Waals surface area contributed by atoms with Gasteiger partial charge in [-0.3, -0.25) is 19.2 Å². The number of anilines is 2. The van der Waals surface area contributed by atoms with Crippen LogP contribution in [-0.4, -0.2) is 28.9 Å². The van der Waals surface area contributed by atoms with Crippen LogP contribution < -0.4 is 15.5 Å². The molecule has 1 atom stereocenters. The van der Waals surface area contributed by atoms with Crippen LogP contribution in [0.3, 0.4) is 0 Å². The summed E-state index contributed by atoms with van der Waals surface area (Å²) in [5.41, 5.74) is 1.24. The summed E-state index contributed by atoms with van der Waals surface area (Å²) in [6.45, 7) is 0. The zero-order valence-corrected chi connectivity index (χ0v) is 24.3. The number of carbonyl (C=O) groups excluding carboxylic acids is 4. The fourth-order valence-corrected chi connectivity index (χ4v) is 6.34. The Morgan fingerprint density at radius 1 is 0.951 bits per heavy atom. The van der Waals surface area contributed by atoms with E-state index in [1.807, 2.05) is 17.5 Å². The normalized spacial score (nSPS) is 15.2. The summed E-state index contributed by atoms with van der Waals surface area (Å²) in [4.78, 5) is 54.5. The average molecular weight is 623 g/mol. The van der Waals surface area contributed by atoms with Crippen LogP contribution in [0.25, 0.3) is 6.08 Å². The number of thioether (sulfide) groups is 1. The molecule has 1 aromatic heterocycles. The fraction of sp³-hybridized carbons (Fsp3) is 0.0667. The van der Waals surface area contributed by atoms with Gasteiger partial charge >= 0.3 is 0 Å². The minimum absolute atomic E-state index is 0.00173. The molecule has 41 heavy (non-hydrogen) atoms. The van der Waals surface area contributed by atoms with Gasteiger partial charge in [0.2, 0.25) is 11.8 Å². The van der Waals surface area contributed by atoms with Gasteiger partial charge in [0.05, 0.1) is 16.0 Å². The van der Waals surface area contributed by atoms with Crippen molar-refractivity contribution in [3.63, 3.8) is 0 Å². The van der Waals surface area contributed by atoms with Crippen molar-refractivity contribution in [2.75, 3.05) is 10.2 Å². The smallest absolute Gasteiger partial charge is 0.272 e. The molecular weight excluding hydrogens is 601 g/mol. The van der Waals surface area contributed by atoms with E-state index in [2.05, 4.69) is 10.6 Å². The first-order valence-corrected chi connectivity index (χ1v) is 14.8. The zero-order valence-electron chi connectivity index (χ0n) is 21.2. The van der Waals surface area contributed by atoms with Crippen LogP contribution in [0.15, 0.2) is 101 Å². The highest BCUT2D eigenvalue weighted by Crippen LogP contribution is 2.38. The maximum absolute atomic E-state index is 13.3. The van der Waals surface area contributed by atoms with Gasteiger partial charge in [0, 0.05) is 32.5 Å². The summed E-state index contributed by atoms with van der Waals surface area (Å²) in [6, 6.07) is 23.8. The molecule has 2 heterocycles. The molecular formula is C30H21Cl2N3O4S2. The number of nitrogens with zero attached hydrogens (tertiary/aromatic N) is 1. The van der Waals surface area contributed by atoms with E-state index in [0.717, 1.165) is 9.78 Å². The fourth-order valence-electron chi connectivity index (χ4n) is 4.08. The Kier molecular flexibility index (Phi) is 8.90. The number of nitrogens with one attached hydrogen (secondary N) is 2. The Hall–Kier alpha value is -3.89. The van der Waals surface area contributed by atoms with Gasteiger partial charge in [-0.05, 0) is 66.1 Å². The second-order valence-corrected chi connectivity index (χ2v) is 11.9. The molecule has 206 valence electrons. The van der Waals surface area contributed by atoms with Gasteiger partial charge in [0.25, 0.3) is 11.8 Å². The molecule has 7 nitrogen and oxygen atoms in total. The average Bonchev–Trinajstić information content (AvgIpc) is 3.56. The zero-order chi connectivity index (χ0) is 28.9. The van der Waals surface area contributed by atoms with E-state index >= 15 is 0 Å². The van der Waals surface area contributed by atoms with Crippen LogP contribution in [0.1, 0.15) is 21.7 Å². The quantitative estimate of drug-likeness (QED) is 0.165. The van der Waals surface area contributed by atoms with Gasteiger partial charge in [-0.25, -0.2) is 4.90 Å². The molecule has 1 aliphatic heterocycles. The van der Waals surface area contributed by atoms with Gasteiger partial charge in [-0.1, -0.05) is 53.5 Å². The summed E-state index contributed by atoms with van der Waals surface area (Å²) >= 11 is 14.9. The lowest BCUT2D eigenvalue weighted by atomic mass is 10.2. The molecule has 0 aliphatic carbocycles. The van der Waals surface area contributed by atoms with Crippen LogP contribution >= 0.6 is 46.3 Å². The Morgan fingerprint density at radius 2 is 1.76 bits per heavy atom. The molecule has 3 aromatic carbocycles. The van der Waals surface area contributed by atoms with Crippen molar-refractivity contribution in [3.05, 3.63) is 116 Å². The lowest BCUT2D eigenvalue weighted by molar-refractivity contribution is -0.121. The molecule has 4 aromatic rings. The predicted octanol–water partition coefficient (Wildman–Crippen LogP) is 6.89. The third kappa shape index (κ3) is 6.89. The number of hydrogen-bond acceptors (Lipinski definition) is 6. The second-order valence-electron chi connectivity index (χ2n) is 8.85. The van der Waals surface area contributed by atoms with Gasteiger partial charge in [-0.2, -0.15) is 0 Å². The predicted molar refractivity (Wildman–Crippen MR) is 164 cm³/mol. The number of hydrogen-bond donors (Lipinski definition) is 2. The molecule has 0 unspecified atom stereocenters. The van der Waals surface area contributed by atoms with E-state index in [1.54, 1.807) is 72.8 Å². The minimum Gasteiger partial charge on any atom is -0.321 e. The number of imide groups is 1. The SMILES string of the molecule is O=C(Nc1cccc(S[C@H]2CC(=O)N(c3ccc(Cl)cc3Cl)C2=O)c1)/C(=C/c1cccs1)NC(=O)c1ccccc1. The molecule has 1 aliphatic rings. The van der Waals surface area contributed by atoms with Gasteiger partial charge in [-0.15, -0.1) is 23.1 Å². The summed E-state index contributed by atoms with van der Waals surface area (Å²) < 4.78 is 0. The summed E-state index contributed by atoms with van der Waals surface area (Å²) in [5, 5.41) is 7.34. The van der Waals surface area contributed by atoms with E-state index in [0.29, 0.717) is 21.2 Å². The maximum atomic E-state index is 13.3. The molecule has 1 saturated heterocycles. The first-order chi connectivity index (χ1) is 19.8. The Balaban J connectivity index is 1.31. The van der Waals surface area contributed by atoms with Crippen LogP contribution in [0, 0.1) is 0 Å². The molecule has 0 saturated carbocycles. The molecule has 1 fully saturated rings. The molecule has 0 spiro atoms. The van der Waals surface area contributed by atoms with Crippen molar-refractivity contribution in [2.24, 2.45) is 0 Å². The molecule has 5 rings (SSSR count). The first-order valence-electron chi connectivity index (χ1n) is 12.3. The van der Waals surface area contributed by atoms with Crippen molar-refractivity contribution in [1.29, 1.82) is 0 Å². The van der Waals surface area contributed by atoms with Crippen molar-refractivity contribution in [3.8, 4) is 0 Å². The van der Waals surface area contributed by atoms with Gasteiger partial charge in [0.1, 0.15) is 5.70 Å². The maximum Gasteiger partial charge on any atom is 0.272 e. The summed E-state index contributed by atoms with van der Waals surface area (Å²) in [5.74, 6) is -1.68. The summed E-state index contributed by atoms with van der Waals surface area (Å²) in [7, 11) is 0. The van der Waals surface area contributed by atoms with E-state index in [4.69, 9.17) is 23.2 Å². The number of benzene rings is 3. The molecule has 11 heteroatoms. The number of thiophene rings is 1. The highest BCUT2D eigenvalue weighted by atomic mass is 35.5. The van der Waals surface area contributed by atoms with Crippen LogP contribution in [0.5, 0.6) is 0 Å². The standard InChI is InChI=1S/C30H21Cl2N3O4S2/c31-19-11-12-25(23(32)14-19)35-27(36)17-26(30(35)39)41-22-9-4-8-20(15-22)33-29(38)24(16-21-10-5-13-40-21)34-28(37)18-6-2-1-3-7-18/h1-16,26H,17H2,(H,33,38)(H,34,37)/b24-16-/t26-/m0/s1. The molecule has 4 amide bonds. The Labute approximate surface area is 254 Å². The van der Waals surface area contributed by atoms with Crippen LogP contribution in [0.4, 0.5) is 11.4 Å². The monoisotopic (exact) mass is 621 g/mol. The summed E-state index contributed by atoms with van der Waals surface area (Å²) in [6.07, 6.45) is 1.61. The second kappa shape index (κ2) is 12.7. The number of rotatable bonds is 8. The first kappa shape index (κ1) is 28.6. The van der Waals surface area contributed by atoms with Crippen LogP contribution in [0.2, 0.25) is 10.0 Å². The largest absolute Gasteiger partial charge is 0.321 e. The lowest BCUT2D eigenvalue weighted by Gasteiger charge is -2.16. The number of halogens is 2. The van der Waals surface area contributed by atoms with Gasteiger partial charge < -0.3 is 10.6 Å². The Morgan fingerprint density at radius 3 is 2.49 bits per heavy atom. The molecule has 2 N–H and O–H groups in total. The van der Waals surface area contributed by atoms with E-state index in [1.165, 1.54) is 29.2 Å². The van der Waals surface area contributed by atoms with Crippen molar-refractivity contribution < 1.29 is 19.2 Å². The lowest BCUT2D eigenvalue weighted by Crippen LogP contribution is -2.31. The number of carbonyl (C=O) groups is 4. The van der Waals surface area contributed by atoms with Crippen molar-refractivity contribution >= 4 is 87.4 Å². The third-order valence-corrected chi connectivity index (χ3v) is 8.52.